The summed E-state index contributed by atoms with van der Waals surface area (Å²) in [5.41, 5.74) is 0.684. The molecule has 29 heavy (non-hydrogen) atoms. The number of carbonyl (C=O) groups is 1. The molecule has 3 aromatic carbocycles. The van der Waals surface area contributed by atoms with Gasteiger partial charge in [-0.15, -0.1) is 0 Å². The van der Waals surface area contributed by atoms with Crippen molar-refractivity contribution < 1.29 is 13.2 Å². The molecule has 3 aromatic rings. The molecule has 0 aliphatic rings. The Bertz CT molecular complexity index is 1140. The standard InChI is InChI=1S/C20H15Cl3N2O3S/c21-14-10-11-17(23)19(12-14)29(27,28)25(18-9-5-4-8-16(18)22)13-20(26)24-15-6-2-1-3-7-15/h1-12H,13H2,(H,24,26). The van der Waals surface area contributed by atoms with Crippen LogP contribution in [0, 0.1) is 0 Å². The maximum absolute atomic E-state index is 13.4. The van der Waals surface area contributed by atoms with Gasteiger partial charge in [0.05, 0.1) is 15.7 Å². The van der Waals surface area contributed by atoms with Gasteiger partial charge in [-0.1, -0.05) is 65.1 Å². The number of nitrogens with zero attached hydrogens (tertiary/aromatic N) is 1. The fourth-order valence-corrected chi connectivity index (χ4v) is 5.07. The van der Waals surface area contributed by atoms with Crippen LogP contribution in [0.4, 0.5) is 11.4 Å². The van der Waals surface area contributed by atoms with Gasteiger partial charge < -0.3 is 5.32 Å². The lowest BCUT2D eigenvalue weighted by Gasteiger charge is -2.25. The van der Waals surface area contributed by atoms with Gasteiger partial charge in [0.1, 0.15) is 11.4 Å². The highest BCUT2D eigenvalue weighted by atomic mass is 35.5. The second-order valence-electron chi connectivity index (χ2n) is 5.95. The van der Waals surface area contributed by atoms with Crippen molar-refractivity contribution in [3.63, 3.8) is 0 Å². The fraction of sp³-hybridized carbons (Fsp3) is 0.0500. The van der Waals surface area contributed by atoms with Gasteiger partial charge in [0.15, 0.2) is 0 Å². The largest absolute Gasteiger partial charge is 0.325 e. The SMILES string of the molecule is O=C(CN(c1ccccc1Cl)S(=O)(=O)c1cc(Cl)ccc1Cl)Nc1ccccc1. The molecule has 0 aliphatic heterocycles. The van der Waals surface area contributed by atoms with E-state index in [0.29, 0.717) is 5.69 Å². The van der Waals surface area contributed by atoms with Crippen molar-refractivity contribution in [1.29, 1.82) is 0 Å². The number of anilines is 2. The quantitative estimate of drug-likeness (QED) is 0.520. The average Bonchev–Trinajstić information content (AvgIpc) is 2.69. The Balaban J connectivity index is 2.03. The minimum atomic E-state index is -4.25. The summed E-state index contributed by atoms with van der Waals surface area (Å²) in [6.07, 6.45) is 0. The molecule has 0 fully saturated rings. The van der Waals surface area contributed by atoms with E-state index in [1.807, 2.05) is 0 Å². The predicted octanol–water partition coefficient (Wildman–Crippen LogP) is 5.48. The Morgan fingerprint density at radius 1 is 0.862 bits per heavy atom. The molecule has 0 saturated heterocycles. The molecule has 1 amide bonds. The Labute approximate surface area is 183 Å². The number of sulfonamides is 1. The normalized spacial score (nSPS) is 11.1. The maximum Gasteiger partial charge on any atom is 0.266 e. The van der Waals surface area contributed by atoms with Crippen LogP contribution in [0.5, 0.6) is 0 Å². The summed E-state index contributed by atoms with van der Waals surface area (Å²) < 4.78 is 27.7. The molecule has 0 radical (unpaired) electrons. The summed E-state index contributed by atoms with van der Waals surface area (Å²) >= 11 is 18.3. The van der Waals surface area contributed by atoms with Gasteiger partial charge in [0.25, 0.3) is 10.0 Å². The zero-order chi connectivity index (χ0) is 21.0. The Morgan fingerprint density at radius 3 is 2.21 bits per heavy atom. The number of para-hydroxylation sites is 2. The molecule has 0 unspecified atom stereocenters. The van der Waals surface area contributed by atoms with Crippen LogP contribution < -0.4 is 9.62 Å². The monoisotopic (exact) mass is 468 g/mol. The molecule has 0 bridgehead atoms. The lowest BCUT2D eigenvalue weighted by molar-refractivity contribution is -0.114. The van der Waals surface area contributed by atoms with Crippen LogP contribution in [0.2, 0.25) is 15.1 Å². The third-order valence-electron chi connectivity index (χ3n) is 3.93. The molecular weight excluding hydrogens is 455 g/mol. The van der Waals surface area contributed by atoms with Gasteiger partial charge in [-0.3, -0.25) is 9.10 Å². The summed E-state index contributed by atoms with van der Waals surface area (Å²) in [5.74, 6) is -0.544. The van der Waals surface area contributed by atoms with E-state index in [2.05, 4.69) is 5.32 Å². The number of hydrogen-bond acceptors (Lipinski definition) is 3. The van der Waals surface area contributed by atoms with Crippen LogP contribution in [0.3, 0.4) is 0 Å². The second kappa shape index (κ2) is 9.05. The Hall–Kier alpha value is -2.25. The zero-order valence-corrected chi connectivity index (χ0v) is 17.9. The van der Waals surface area contributed by atoms with E-state index in [1.165, 1.54) is 30.3 Å². The first-order valence-corrected chi connectivity index (χ1v) is 10.9. The molecule has 0 atom stereocenters. The number of amides is 1. The lowest BCUT2D eigenvalue weighted by Crippen LogP contribution is -2.38. The minimum Gasteiger partial charge on any atom is -0.325 e. The molecule has 9 heteroatoms. The van der Waals surface area contributed by atoms with Gasteiger partial charge >= 0.3 is 0 Å². The first kappa shape index (κ1) is 21.5. The van der Waals surface area contributed by atoms with E-state index < -0.39 is 22.5 Å². The van der Waals surface area contributed by atoms with Crippen molar-refractivity contribution in [2.75, 3.05) is 16.2 Å². The van der Waals surface area contributed by atoms with E-state index >= 15 is 0 Å². The molecule has 3 rings (SSSR count). The summed E-state index contributed by atoms with van der Waals surface area (Å²) in [6, 6.07) is 19.1. The molecule has 0 aliphatic carbocycles. The summed E-state index contributed by atoms with van der Waals surface area (Å²) in [6.45, 7) is -0.510. The highest BCUT2D eigenvalue weighted by Crippen LogP contribution is 2.33. The van der Waals surface area contributed by atoms with Crippen LogP contribution in [0.1, 0.15) is 0 Å². The van der Waals surface area contributed by atoms with Crippen LogP contribution in [-0.4, -0.2) is 20.9 Å². The topological polar surface area (TPSA) is 66.5 Å². The fourth-order valence-electron chi connectivity index (χ4n) is 2.60. The van der Waals surface area contributed by atoms with E-state index in [0.717, 1.165) is 4.31 Å². The first-order valence-electron chi connectivity index (χ1n) is 8.36. The van der Waals surface area contributed by atoms with Crippen molar-refractivity contribution in [2.45, 2.75) is 4.90 Å². The molecule has 150 valence electrons. The van der Waals surface area contributed by atoms with Gasteiger partial charge in [0, 0.05) is 10.7 Å². The average molecular weight is 470 g/mol. The summed E-state index contributed by atoms with van der Waals surface area (Å²) in [5, 5.41) is 3.01. The number of carbonyl (C=O) groups excluding carboxylic acids is 1. The predicted molar refractivity (Wildman–Crippen MR) is 118 cm³/mol. The van der Waals surface area contributed by atoms with Gasteiger partial charge in [-0.05, 0) is 42.5 Å². The molecule has 0 spiro atoms. The number of benzene rings is 3. The van der Waals surface area contributed by atoms with Gasteiger partial charge in [-0.2, -0.15) is 0 Å². The molecule has 0 aromatic heterocycles. The highest BCUT2D eigenvalue weighted by molar-refractivity contribution is 7.93. The van der Waals surface area contributed by atoms with Crippen molar-refractivity contribution >= 4 is 62.1 Å². The lowest BCUT2D eigenvalue weighted by atomic mass is 10.3. The molecule has 1 N–H and O–H groups in total. The summed E-state index contributed by atoms with van der Waals surface area (Å²) in [7, 11) is -4.25. The van der Waals surface area contributed by atoms with Crippen molar-refractivity contribution in [1.82, 2.24) is 0 Å². The third kappa shape index (κ3) is 5.03. The van der Waals surface area contributed by atoms with Gasteiger partial charge in [-0.25, -0.2) is 8.42 Å². The maximum atomic E-state index is 13.4. The molecule has 0 heterocycles. The number of halogens is 3. The van der Waals surface area contributed by atoms with Crippen molar-refractivity contribution in [3.05, 3.63) is 87.9 Å². The van der Waals surface area contributed by atoms with Crippen LogP contribution in [-0.2, 0) is 14.8 Å². The van der Waals surface area contributed by atoms with Gasteiger partial charge in [0.2, 0.25) is 5.91 Å². The highest BCUT2D eigenvalue weighted by Gasteiger charge is 2.30. The number of hydrogen-bond donors (Lipinski definition) is 1. The number of rotatable bonds is 6. The van der Waals surface area contributed by atoms with E-state index in [-0.39, 0.29) is 25.7 Å². The van der Waals surface area contributed by atoms with Crippen LogP contribution in [0.25, 0.3) is 0 Å². The van der Waals surface area contributed by atoms with E-state index in [1.54, 1.807) is 42.5 Å². The Kier molecular flexibility index (Phi) is 6.70. The van der Waals surface area contributed by atoms with E-state index in [4.69, 9.17) is 34.8 Å². The zero-order valence-electron chi connectivity index (χ0n) is 14.8. The van der Waals surface area contributed by atoms with Crippen molar-refractivity contribution in [3.8, 4) is 0 Å². The second-order valence-corrected chi connectivity index (χ2v) is 9.03. The third-order valence-corrected chi connectivity index (χ3v) is 6.72. The minimum absolute atomic E-state index is 0.0186. The molecule has 5 nitrogen and oxygen atoms in total. The van der Waals surface area contributed by atoms with Crippen LogP contribution >= 0.6 is 34.8 Å². The molecule has 0 saturated carbocycles. The molecular formula is C20H15Cl3N2O3S. The first-order chi connectivity index (χ1) is 13.8. The Morgan fingerprint density at radius 2 is 1.52 bits per heavy atom. The number of nitrogens with one attached hydrogen (secondary N) is 1. The van der Waals surface area contributed by atoms with E-state index in [9.17, 15) is 13.2 Å². The van der Waals surface area contributed by atoms with Crippen molar-refractivity contribution in [2.24, 2.45) is 0 Å². The van der Waals surface area contributed by atoms with Crippen LogP contribution in [0.15, 0.2) is 77.7 Å². The smallest absolute Gasteiger partial charge is 0.266 e. The summed E-state index contributed by atoms with van der Waals surface area (Å²) in [4.78, 5) is 12.4.